The largest absolute Gasteiger partial charge is 0.353 e. The number of unbranched alkanes of at least 4 members (excludes halogenated alkanes) is 1. The highest BCUT2D eigenvalue weighted by atomic mass is 16.1. The summed E-state index contributed by atoms with van der Waals surface area (Å²) in [5, 5.41) is 3.20. The molecular formula is C13H25NO. The Kier molecular flexibility index (Phi) is 5.13. The van der Waals surface area contributed by atoms with E-state index < -0.39 is 0 Å². The van der Waals surface area contributed by atoms with Gasteiger partial charge in [0.25, 0.3) is 0 Å². The fraction of sp³-hybridized carbons (Fsp3) is 0.923. The van der Waals surface area contributed by atoms with Crippen LogP contribution in [0.3, 0.4) is 0 Å². The van der Waals surface area contributed by atoms with E-state index in [4.69, 9.17) is 0 Å². The highest BCUT2D eigenvalue weighted by molar-refractivity contribution is 5.78. The molecule has 2 nitrogen and oxygen atoms in total. The minimum atomic E-state index is 0.123. The van der Waals surface area contributed by atoms with E-state index in [-0.39, 0.29) is 11.8 Å². The van der Waals surface area contributed by atoms with Gasteiger partial charge in [0.1, 0.15) is 0 Å². The van der Waals surface area contributed by atoms with E-state index in [0.717, 1.165) is 5.92 Å². The Morgan fingerprint density at radius 3 is 2.73 bits per heavy atom. The van der Waals surface area contributed by atoms with Gasteiger partial charge in [0.15, 0.2) is 0 Å². The normalized spacial score (nSPS) is 25.9. The molecule has 0 spiro atoms. The van der Waals surface area contributed by atoms with Crippen molar-refractivity contribution >= 4 is 5.91 Å². The molecule has 88 valence electrons. The first kappa shape index (κ1) is 12.5. The first-order valence-corrected chi connectivity index (χ1v) is 6.45. The quantitative estimate of drug-likeness (QED) is 0.743. The van der Waals surface area contributed by atoms with E-state index in [2.05, 4.69) is 12.2 Å². The Labute approximate surface area is 93.8 Å². The van der Waals surface area contributed by atoms with Crippen LogP contribution in [0.25, 0.3) is 0 Å². The van der Waals surface area contributed by atoms with E-state index in [1.807, 2.05) is 13.8 Å². The lowest BCUT2D eigenvalue weighted by Gasteiger charge is -2.21. The molecule has 1 rings (SSSR count). The Morgan fingerprint density at radius 1 is 1.40 bits per heavy atom. The Bertz CT molecular complexity index is 201. The zero-order valence-corrected chi connectivity index (χ0v) is 10.4. The lowest BCUT2D eigenvalue weighted by atomic mass is 9.96. The topological polar surface area (TPSA) is 29.1 Å². The second-order valence-corrected chi connectivity index (χ2v) is 5.10. The van der Waals surface area contributed by atoms with Crippen LogP contribution in [-0.2, 0) is 4.79 Å². The molecule has 1 fully saturated rings. The third-order valence-corrected chi connectivity index (χ3v) is 3.44. The molecular weight excluding hydrogens is 186 g/mol. The highest BCUT2D eigenvalue weighted by Gasteiger charge is 2.28. The summed E-state index contributed by atoms with van der Waals surface area (Å²) in [5.41, 5.74) is 0. The summed E-state index contributed by atoms with van der Waals surface area (Å²) in [6, 6.07) is 0.464. The number of carbonyl (C=O) groups excluding carboxylic acids is 1. The van der Waals surface area contributed by atoms with Crippen LogP contribution in [0.15, 0.2) is 0 Å². The zero-order valence-electron chi connectivity index (χ0n) is 10.4. The lowest BCUT2D eigenvalue weighted by molar-refractivity contribution is -0.124. The Morgan fingerprint density at radius 2 is 2.13 bits per heavy atom. The number of hydrogen-bond donors (Lipinski definition) is 1. The first-order valence-electron chi connectivity index (χ1n) is 6.45. The fourth-order valence-corrected chi connectivity index (χ4v) is 2.39. The second-order valence-electron chi connectivity index (χ2n) is 5.10. The van der Waals surface area contributed by atoms with Crippen molar-refractivity contribution in [3.63, 3.8) is 0 Å². The number of amides is 1. The van der Waals surface area contributed by atoms with Gasteiger partial charge in [-0.15, -0.1) is 0 Å². The minimum absolute atomic E-state index is 0.123. The molecule has 0 heterocycles. The monoisotopic (exact) mass is 211 g/mol. The second kappa shape index (κ2) is 6.14. The molecule has 2 heteroatoms. The van der Waals surface area contributed by atoms with E-state index in [1.54, 1.807) is 0 Å². The molecule has 0 aromatic rings. The summed E-state index contributed by atoms with van der Waals surface area (Å²) < 4.78 is 0. The predicted molar refractivity (Wildman–Crippen MR) is 63.6 cm³/mol. The Hall–Kier alpha value is -0.530. The molecule has 0 saturated heterocycles. The van der Waals surface area contributed by atoms with Crippen LogP contribution in [-0.4, -0.2) is 11.9 Å². The summed E-state index contributed by atoms with van der Waals surface area (Å²) in [5.74, 6) is 1.09. The van der Waals surface area contributed by atoms with Crippen molar-refractivity contribution in [1.29, 1.82) is 0 Å². The number of carbonyl (C=O) groups is 1. The van der Waals surface area contributed by atoms with Crippen LogP contribution >= 0.6 is 0 Å². The fourth-order valence-electron chi connectivity index (χ4n) is 2.39. The van der Waals surface area contributed by atoms with Gasteiger partial charge in [0, 0.05) is 12.0 Å². The number of rotatable bonds is 5. The van der Waals surface area contributed by atoms with Crippen LogP contribution in [0.5, 0.6) is 0 Å². The van der Waals surface area contributed by atoms with Crippen molar-refractivity contribution in [3.8, 4) is 0 Å². The molecule has 1 aliphatic rings. The molecule has 0 aromatic carbocycles. The van der Waals surface area contributed by atoms with E-state index in [1.165, 1.54) is 38.5 Å². The molecule has 0 unspecified atom stereocenters. The predicted octanol–water partition coefficient (Wildman–Crippen LogP) is 3.12. The van der Waals surface area contributed by atoms with Crippen LogP contribution in [0.1, 0.15) is 59.3 Å². The van der Waals surface area contributed by atoms with Crippen LogP contribution in [0, 0.1) is 11.8 Å². The maximum absolute atomic E-state index is 11.6. The highest BCUT2D eigenvalue weighted by Crippen LogP contribution is 2.29. The average Bonchev–Trinajstić information content (AvgIpc) is 2.62. The maximum atomic E-state index is 11.6. The van der Waals surface area contributed by atoms with Crippen LogP contribution in [0.4, 0.5) is 0 Å². The van der Waals surface area contributed by atoms with Crippen molar-refractivity contribution in [2.75, 3.05) is 0 Å². The van der Waals surface area contributed by atoms with Crippen LogP contribution in [0.2, 0.25) is 0 Å². The van der Waals surface area contributed by atoms with Gasteiger partial charge < -0.3 is 5.32 Å². The van der Waals surface area contributed by atoms with E-state index in [9.17, 15) is 4.79 Å². The van der Waals surface area contributed by atoms with Gasteiger partial charge in [0.05, 0.1) is 0 Å². The minimum Gasteiger partial charge on any atom is -0.353 e. The maximum Gasteiger partial charge on any atom is 0.222 e. The molecule has 1 saturated carbocycles. The van der Waals surface area contributed by atoms with Crippen molar-refractivity contribution in [3.05, 3.63) is 0 Å². The van der Waals surface area contributed by atoms with Crippen molar-refractivity contribution < 1.29 is 4.79 Å². The van der Waals surface area contributed by atoms with Crippen molar-refractivity contribution in [1.82, 2.24) is 5.32 Å². The van der Waals surface area contributed by atoms with Gasteiger partial charge in [-0.05, 0) is 25.2 Å². The smallest absolute Gasteiger partial charge is 0.222 e. The summed E-state index contributed by atoms with van der Waals surface area (Å²) in [7, 11) is 0. The third kappa shape index (κ3) is 3.84. The SMILES string of the molecule is CCCC[C@H]1CCC[C@H]1NC(=O)C(C)C. The van der Waals surface area contributed by atoms with Crippen molar-refractivity contribution in [2.24, 2.45) is 11.8 Å². The van der Waals surface area contributed by atoms with Gasteiger partial charge in [-0.3, -0.25) is 4.79 Å². The molecule has 15 heavy (non-hydrogen) atoms. The van der Waals surface area contributed by atoms with Gasteiger partial charge >= 0.3 is 0 Å². The lowest BCUT2D eigenvalue weighted by Crippen LogP contribution is -2.39. The third-order valence-electron chi connectivity index (χ3n) is 3.44. The molecule has 1 N–H and O–H groups in total. The van der Waals surface area contributed by atoms with E-state index >= 15 is 0 Å². The molecule has 0 aliphatic heterocycles. The summed E-state index contributed by atoms with van der Waals surface area (Å²) >= 11 is 0. The van der Waals surface area contributed by atoms with Crippen molar-refractivity contribution in [2.45, 2.75) is 65.3 Å². The average molecular weight is 211 g/mol. The summed E-state index contributed by atoms with van der Waals surface area (Å²) in [6.07, 6.45) is 7.65. The number of nitrogens with one attached hydrogen (secondary N) is 1. The summed E-state index contributed by atoms with van der Waals surface area (Å²) in [4.78, 5) is 11.6. The first-order chi connectivity index (χ1) is 7.15. The summed E-state index contributed by atoms with van der Waals surface area (Å²) in [6.45, 7) is 6.16. The molecule has 0 aromatic heterocycles. The molecule has 2 atom stereocenters. The van der Waals surface area contributed by atoms with Gasteiger partial charge in [-0.25, -0.2) is 0 Å². The van der Waals surface area contributed by atoms with Gasteiger partial charge in [-0.1, -0.05) is 40.0 Å². The number of hydrogen-bond acceptors (Lipinski definition) is 1. The molecule has 0 radical (unpaired) electrons. The molecule has 0 bridgehead atoms. The van der Waals surface area contributed by atoms with Crippen LogP contribution < -0.4 is 5.32 Å². The Balaban J connectivity index is 2.36. The van der Waals surface area contributed by atoms with Gasteiger partial charge in [0.2, 0.25) is 5.91 Å². The standard InChI is InChI=1S/C13H25NO/c1-4-5-7-11-8-6-9-12(11)14-13(15)10(2)3/h10-12H,4-9H2,1-3H3,(H,14,15)/t11-,12+/m0/s1. The molecule has 1 aliphatic carbocycles. The zero-order chi connectivity index (χ0) is 11.3. The van der Waals surface area contributed by atoms with Gasteiger partial charge in [-0.2, -0.15) is 0 Å². The molecule has 1 amide bonds. The van der Waals surface area contributed by atoms with E-state index in [0.29, 0.717) is 6.04 Å².